The van der Waals surface area contributed by atoms with Crippen LogP contribution < -0.4 is 0 Å². The zero-order valence-corrected chi connectivity index (χ0v) is 15.3. The van der Waals surface area contributed by atoms with Crippen LogP contribution in [0.15, 0.2) is 16.6 Å². The van der Waals surface area contributed by atoms with E-state index in [-0.39, 0.29) is 17.5 Å². The van der Waals surface area contributed by atoms with Gasteiger partial charge in [0.05, 0.1) is 22.1 Å². The molecule has 1 aliphatic rings. The Bertz CT molecular complexity index is 580. The summed E-state index contributed by atoms with van der Waals surface area (Å²) in [7, 11) is 0. The molecule has 1 aliphatic carbocycles. The first-order chi connectivity index (χ1) is 9.58. The number of nitrogens with zero attached hydrogens (tertiary/aromatic N) is 1. The number of halogens is 3. The molecule has 1 aromatic carbocycles. The molecule has 0 heterocycles. The lowest BCUT2D eigenvalue weighted by atomic mass is 9.83. The highest BCUT2D eigenvalue weighted by atomic mass is 79.9. The van der Waals surface area contributed by atoms with Crippen LogP contribution in [0.1, 0.15) is 39.2 Å². The Morgan fingerprint density at radius 3 is 2.38 bits per heavy atom. The van der Waals surface area contributed by atoms with Gasteiger partial charge in [0.1, 0.15) is 0 Å². The van der Waals surface area contributed by atoms with Crippen molar-refractivity contribution in [1.82, 2.24) is 4.90 Å². The third kappa shape index (κ3) is 3.17. The van der Waals surface area contributed by atoms with Crippen LogP contribution >= 0.6 is 39.1 Å². The molecule has 3 nitrogen and oxygen atoms in total. The van der Waals surface area contributed by atoms with Crippen LogP contribution in [-0.2, 0) is 6.54 Å². The van der Waals surface area contributed by atoms with Crippen molar-refractivity contribution in [2.75, 3.05) is 0 Å². The Balaban J connectivity index is 2.37. The third-order valence-corrected chi connectivity index (χ3v) is 5.56. The van der Waals surface area contributed by atoms with E-state index in [2.05, 4.69) is 36.7 Å². The van der Waals surface area contributed by atoms with E-state index >= 15 is 0 Å². The van der Waals surface area contributed by atoms with Crippen LogP contribution in [0.4, 0.5) is 4.79 Å². The Hall–Kier alpha value is -0.450. The van der Waals surface area contributed by atoms with Gasteiger partial charge in [-0.2, -0.15) is 0 Å². The van der Waals surface area contributed by atoms with Crippen LogP contribution in [0.2, 0.25) is 10.0 Å². The lowest BCUT2D eigenvalue weighted by Crippen LogP contribution is -2.48. The number of hydrogen-bond acceptors (Lipinski definition) is 1. The minimum atomic E-state index is -0.922. The topological polar surface area (TPSA) is 40.5 Å². The highest BCUT2D eigenvalue weighted by Crippen LogP contribution is 2.55. The maximum Gasteiger partial charge on any atom is 0.408 e. The van der Waals surface area contributed by atoms with Crippen LogP contribution in [0.5, 0.6) is 0 Å². The molecule has 21 heavy (non-hydrogen) atoms. The first-order valence-electron chi connectivity index (χ1n) is 6.72. The lowest BCUT2D eigenvalue weighted by molar-refractivity contribution is 0.0630. The summed E-state index contributed by atoms with van der Waals surface area (Å²) in [6.07, 6.45) is 0.833. The van der Waals surface area contributed by atoms with Gasteiger partial charge in [-0.3, -0.25) is 4.90 Å². The predicted octanol–water partition coefficient (Wildman–Crippen LogP) is 5.81. The number of benzene rings is 1. The normalized spacial score (nSPS) is 16.7. The van der Waals surface area contributed by atoms with E-state index in [1.54, 1.807) is 6.07 Å². The van der Waals surface area contributed by atoms with Gasteiger partial charge in [0.15, 0.2) is 0 Å². The summed E-state index contributed by atoms with van der Waals surface area (Å²) in [5, 5.41) is 10.5. The van der Waals surface area contributed by atoms with E-state index in [4.69, 9.17) is 23.2 Å². The van der Waals surface area contributed by atoms with Crippen molar-refractivity contribution in [1.29, 1.82) is 0 Å². The first-order valence-corrected chi connectivity index (χ1v) is 8.27. The fraction of sp³-hybridized carbons (Fsp3) is 0.533. The number of carbonyl (C=O) groups is 1. The molecule has 1 saturated carbocycles. The fourth-order valence-corrected chi connectivity index (χ4v) is 3.88. The van der Waals surface area contributed by atoms with Gasteiger partial charge in [-0.15, -0.1) is 0 Å². The summed E-state index contributed by atoms with van der Waals surface area (Å²) in [6.45, 7) is 6.47. The second kappa shape index (κ2) is 5.64. The molecule has 6 heteroatoms. The molecular weight excluding hydrogens is 377 g/mol. The standard InChI is InChI=1S/C15H18BrCl2NO2/c1-14(2,3)15(4-5-15)19(13(20)21)8-9-6-10(16)7-11(17)12(9)18/h6-7H,4-5,8H2,1-3H3,(H,20,21). The SMILES string of the molecule is CC(C)(C)C1(N(Cc2cc(Br)cc(Cl)c2Cl)C(=O)O)CC1. The third-order valence-electron chi connectivity index (χ3n) is 4.26. The minimum absolute atomic E-state index is 0.117. The molecule has 1 aromatic rings. The molecule has 0 aromatic heterocycles. The highest BCUT2D eigenvalue weighted by Gasteiger charge is 2.58. The number of carboxylic acid groups (broad SMARTS) is 1. The van der Waals surface area contributed by atoms with Crippen molar-refractivity contribution >= 4 is 45.2 Å². The second-order valence-corrected chi connectivity index (χ2v) is 8.21. The van der Waals surface area contributed by atoms with E-state index < -0.39 is 6.09 Å². The van der Waals surface area contributed by atoms with E-state index in [1.807, 2.05) is 6.07 Å². The van der Waals surface area contributed by atoms with Gasteiger partial charge in [0.2, 0.25) is 0 Å². The number of hydrogen-bond donors (Lipinski definition) is 1. The van der Waals surface area contributed by atoms with E-state index in [1.165, 1.54) is 4.90 Å². The molecule has 1 N–H and O–H groups in total. The van der Waals surface area contributed by atoms with Gasteiger partial charge in [-0.25, -0.2) is 4.79 Å². The molecule has 1 fully saturated rings. The molecule has 0 atom stereocenters. The van der Waals surface area contributed by atoms with Crippen molar-refractivity contribution < 1.29 is 9.90 Å². The summed E-state index contributed by atoms with van der Waals surface area (Å²) < 4.78 is 0.790. The van der Waals surface area contributed by atoms with Gasteiger partial charge >= 0.3 is 6.09 Å². The molecule has 1 amide bonds. The molecular formula is C15H18BrCl2NO2. The Morgan fingerprint density at radius 2 is 1.95 bits per heavy atom. The summed E-state index contributed by atoms with van der Waals surface area (Å²) in [6, 6.07) is 3.53. The molecule has 0 unspecified atom stereocenters. The highest BCUT2D eigenvalue weighted by molar-refractivity contribution is 9.10. The van der Waals surface area contributed by atoms with E-state index in [0.717, 1.165) is 17.3 Å². The van der Waals surface area contributed by atoms with Gasteiger partial charge in [-0.1, -0.05) is 59.9 Å². The van der Waals surface area contributed by atoms with Crippen LogP contribution in [-0.4, -0.2) is 21.6 Å². The van der Waals surface area contributed by atoms with Crippen molar-refractivity contribution in [3.05, 3.63) is 32.2 Å². The largest absolute Gasteiger partial charge is 0.465 e. The number of rotatable bonds is 3. The monoisotopic (exact) mass is 393 g/mol. The van der Waals surface area contributed by atoms with Crippen LogP contribution in [0, 0.1) is 5.41 Å². The van der Waals surface area contributed by atoms with Crippen LogP contribution in [0.25, 0.3) is 0 Å². The second-order valence-electron chi connectivity index (χ2n) is 6.51. The van der Waals surface area contributed by atoms with Crippen LogP contribution in [0.3, 0.4) is 0 Å². The molecule has 0 aliphatic heterocycles. The Labute approximate surface area is 143 Å². The summed E-state index contributed by atoms with van der Waals surface area (Å²) >= 11 is 15.7. The molecule has 116 valence electrons. The summed E-state index contributed by atoms with van der Waals surface area (Å²) in [5.41, 5.74) is 0.277. The first kappa shape index (κ1) is 16.9. The van der Waals surface area contributed by atoms with Crippen molar-refractivity contribution in [2.45, 2.75) is 45.7 Å². The summed E-state index contributed by atoms with van der Waals surface area (Å²) in [4.78, 5) is 13.3. The van der Waals surface area contributed by atoms with Gasteiger partial charge in [0, 0.05) is 4.47 Å². The fourth-order valence-electron chi connectivity index (χ4n) is 2.84. The molecule has 0 saturated heterocycles. The van der Waals surface area contributed by atoms with Crippen molar-refractivity contribution in [3.63, 3.8) is 0 Å². The Kier molecular flexibility index (Phi) is 4.54. The van der Waals surface area contributed by atoms with Crippen molar-refractivity contribution in [3.8, 4) is 0 Å². The Morgan fingerprint density at radius 1 is 1.38 bits per heavy atom. The minimum Gasteiger partial charge on any atom is -0.465 e. The molecule has 2 rings (SSSR count). The van der Waals surface area contributed by atoms with Crippen molar-refractivity contribution in [2.24, 2.45) is 5.41 Å². The zero-order valence-electron chi connectivity index (χ0n) is 12.2. The average Bonchev–Trinajstić information content (AvgIpc) is 3.11. The molecule has 0 spiro atoms. The van der Waals surface area contributed by atoms with Gasteiger partial charge in [-0.05, 0) is 36.0 Å². The van der Waals surface area contributed by atoms with Gasteiger partial charge in [0.25, 0.3) is 0 Å². The molecule has 0 bridgehead atoms. The summed E-state index contributed by atoms with van der Waals surface area (Å²) in [5.74, 6) is 0. The zero-order chi connectivity index (χ0) is 16.0. The predicted molar refractivity (Wildman–Crippen MR) is 89.1 cm³/mol. The van der Waals surface area contributed by atoms with E-state index in [0.29, 0.717) is 15.6 Å². The number of amides is 1. The maximum atomic E-state index is 11.8. The maximum absolute atomic E-state index is 11.8. The smallest absolute Gasteiger partial charge is 0.408 e. The quantitative estimate of drug-likeness (QED) is 0.656. The molecule has 0 radical (unpaired) electrons. The van der Waals surface area contributed by atoms with Gasteiger partial charge < -0.3 is 5.11 Å². The average molecular weight is 395 g/mol. The lowest BCUT2D eigenvalue weighted by Gasteiger charge is -2.39. The van der Waals surface area contributed by atoms with E-state index in [9.17, 15) is 9.90 Å².